The summed E-state index contributed by atoms with van der Waals surface area (Å²) in [5, 5.41) is 0. The van der Waals surface area contributed by atoms with Crippen molar-refractivity contribution in [1.29, 1.82) is 0 Å². The van der Waals surface area contributed by atoms with Gasteiger partial charge in [0.2, 0.25) is 11.7 Å². The van der Waals surface area contributed by atoms with Crippen molar-refractivity contribution < 1.29 is 14.0 Å². The first-order valence-electron chi connectivity index (χ1n) is 7.13. The van der Waals surface area contributed by atoms with Gasteiger partial charge >= 0.3 is 0 Å². The van der Waals surface area contributed by atoms with Crippen LogP contribution in [0.4, 0.5) is 5.69 Å². The number of rotatable bonds is 3. The fourth-order valence-electron chi connectivity index (χ4n) is 2.63. The number of fused-ring (bicyclic) bond motifs is 1. The highest BCUT2D eigenvalue weighted by Crippen LogP contribution is 2.28. The van der Waals surface area contributed by atoms with E-state index in [-0.39, 0.29) is 11.7 Å². The Labute approximate surface area is 123 Å². The number of carbonyl (C=O) groups excluding carboxylic acids is 2. The van der Waals surface area contributed by atoms with Crippen LogP contribution >= 0.6 is 0 Å². The van der Waals surface area contributed by atoms with Crippen molar-refractivity contribution in [3.63, 3.8) is 0 Å². The molecule has 2 aromatic rings. The highest BCUT2D eigenvalue weighted by atomic mass is 16.3. The van der Waals surface area contributed by atoms with E-state index in [0.29, 0.717) is 24.2 Å². The van der Waals surface area contributed by atoms with Gasteiger partial charge in [0, 0.05) is 31.1 Å². The van der Waals surface area contributed by atoms with Gasteiger partial charge in [0.25, 0.3) is 0 Å². The molecule has 3 rings (SSSR count). The molecule has 2 heterocycles. The SMILES string of the molecule is CCc1ccc(C(=O)c2ccc3c(c2)CCC(=O)N3C)o1. The molecule has 0 radical (unpaired) electrons. The first kappa shape index (κ1) is 13.6. The molecule has 4 heteroatoms. The lowest BCUT2D eigenvalue weighted by molar-refractivity contribution is -0.118. The van der Waals surface area contributed by atoms with Crippen LogP contribution in [0.1, 0.15) is 40.8 Å². The number of carbonyl (C=O) groups is 2. The molecule has 0 unspecified atom stereocenters. The molecule has 1 aliphatic heterocycles. The zero-order valence-electron chi connectivity index (χ0n) is 12.2. The predicted molar refractivity (Wildman–Crippen MR) is 79.7 cm³/mol. The van der Waals surface area contributed by atoms with Gasteiger partial charge in [-0.3, -0.25) is 9.59 Å². The third-order valence-corrected chi connectivity index (χ3v) is 3.92. The van der Waals surface area contributed by atoms with Crippen LogP contribution in [0.25, 0.3) is 0 Å². The quantitative estimate of drug-likeness (QED) is 0.814. The van der Waals surface area contributed by atoms with E-state index in [1.165, 1.54) is 0 Å². The highest BCUT2D eigenvalue weighted by molar-refractivity contribution is 6.08. The Hall–Kier alpha value is -2.36. The number of aryl methyl sites for hydroxylation is 2. The van der Waals surface area contributed by atoms with E-state index in [1.54, 1.807) is 24.1 Å². The lowest BCUT2D eigenvalue weighted by Crippen LogP contribution is -2.31. The first-order chi connectivity index (χ1) is 10.1. The molecule has 0 N–H and O–H groups in total. The second kappa shape index (κ2) is 5.20. The number of benzene rings is 1. The Balaban J connectivity index is 1.93. The molecular formula is C17H17NO3. The fourth-order valence-corrected chi connectivity index (χ4v) is 2.63. The summed E-state index contributed by atoms with van der Waals surface area (Å²) in [5.41, 5.74) is 2.52. The third kappa shape index (κ3) is 2.37. The standard InChI is InChI=1S/C17H17NO3/c1-3-13-6-8-15(21-13)17(20)12-4-7-14-11(10-12)5-9-16(19)18(14)2/h4,6-8,10H,3,5,9H2,1-2H3. The number of furan rings is 1. The van der Waals surface area contributed by atoms with Gasteiger partial charge in [-0.25, -0.2) is 0 Å². The van der Waals surface area contributed by atoms with Gasteiger partial charge in [-0.1, -0.05) is 6.92 Å². The molecule has 1 aliphatic rings. The molecule has 0 saturated carbocycles. The zero-order chi connectivity index (χ0) is 15.0. The van der Waals surface area contributed by atoms with Crippen LogP contribution in [-0.4, -0.2) is 18.7 Å². The average molecular weight is 283 g/mol. The summed E-state index contributed by atoms with van der Waals surface area (Å²) >= 11 is 0. The Morgan fingerprint density at radius 1 is 1.24 bits per heavy atom. The summed E-state index contributed by atoms with van der Waals surface area (Å²) in [7, 11) is 1.77. The maximum atomic E-state index is 12.4. The molecule has 0 spiro atoms. The molecule has 4 nitrogen and oxygen atoms in total. The van der Waals surface area contributed by atoms with Gasteiger partial charge in [-0.15, -0.1) is 0 Å². The number of nitrogens with zero attached hydrogens (tertiary/aromatic N) is 1. The van der Waals surface area contributed by atoms with E-state index in [9.17, 15) is 9.59 Å². The van der Waals surface area contributed by atoms with Gasteiger partial charge in [-0.2, -0.15) is 0 Å². The topological polar surface area (TPSA) is 50.5 Å². The molecule has 1 aromatic carbocycles. The predicted octanol–water partition coefficient (Wildman–Crippen LogP) is 2.98. The molecule has 0 saturated heterocycles. The van der Waals surface area contributed by atoms with Crippen molar-refractivity contribution in [2.24, 2.45) is 0 Å². The Kier molecular flexibility index (Phi) is 3.37. The molecule has 0 bridgehead atoms. The van der Waals surface area contributed by atoms with Gasteiger partial charge in [0.1, 0.15) is 5.76 Å². The maximum Gasteiger partial charge on any atom is 0.228 e. The first-order valence-corrected chi connectivity index (χ1v) is 7.13. The van der Waals surface area contributed by atoms with E-state index >= 15 is 0 Å². The minimum absolute atomic E-state index is 0.111. The Morgan fingerprint density at radius 2 is 2.05 bits per heavy atom. The fraction of sp³-hybridized carbons (Fsp3) is 0.294. The van der Waals surface area contributed by atoms with Gasteiger partial charge < -0.3 is 9.32 Å². The molecule has 0 atom stereocenters. The lowest BCUT2D eigenvalue weighted by Gasteiger charge is -2.25. The second-order valence-corrected chi connectivity index (χ2v) is 5.24. The lowest BCUT2D eigenvalue weighted by atomic mass is 9.97. The van der Waals surface area contributed by atoms with Crippen LogP contribution in [0.3, 0.4) is 0 Å². The number of amides is 1. The smallest absolute Gasteiger partial charge is 0.228 e. The summed E-state index contributed by atoms with van der Waals surface area (Å²) in [6.45, 7) is 1.98. The van der Waals surface area contributed by atoms with Crippen molar-refractivity contribution in [3.8, 4) is 0 Å². The van der Waals surface area contributed by atoms with Gasteiger partial charge in [0.15, 0.2) is 5.76 Å². The molecule has 0 fully saturated rings. The largest absolute Gasteiger partial charge is 0.458 e. The van der Waals surface area contributed by atoms with Crippen molar-refractivity contribution in [1.82, 2.24) is 0 Å². The van der Waals surface area contributed by atoms with Crippen molar-refractivity contribution in [3.05, 3.63) is 53.0 Å². The highest BCUT2D eigenvalue weighted by Gasteiger charge is 2.22. The van der Waals surface area contributed by atoms with Crippen LogP contribution in [0.5, 0.6) is 0 Å². The van der Waals surface area contributed by atoms with Crippen LogP contribution in [0.2, 0.25) is 0 Å². The van der Waals surface area contributed by atoms with Crippen LogP contribution in [0.15, 0.2) is 34.7 Å². The molecular weight excluding hydrogens is 266 g/mol. The summed E-state index contributed by atoms with van der Waals surface area (Å²) in [6.07, 6.45) is 1.93. The molecule has 1 aromatic heterocycles. The Bertz CT molecular complexity index is 715. The monoisotopic (exact) mass is 283 g/mol. The van der Waals surface area contributed by atoms with Crippen molar-refractivity contribution >= 4 is 17.4 Å². The summed E-state index contributed by atoms with van der Waals surface area (Å²) < 4.78 is 5.52. The average Bonchev–Trinajstić information content (AvgIpc) is 2.99. The van der Waals surface area contributed by atoms with E-state index < -0.39 is 0 Å². The molecule has 0 aliphatic carbocycles. The van der Waals surface area contributed by atoms with E-state index in [0.717, 1.165) is 23.4 Å². The van der Waals surface area contributed by atoms with Crippen molar-refractivity contribution in [2.45, 2.75) is 26.2 Å². The van der Waals surface area contributed by atoms with Gasteiger partial charge in [-0.05, 0) is 42.3 Å². The normalized spacial score (nSPS) is 14.2. The van der Waals surface area contributed by atoms with Crippen LogP contribution in [-0.2, 0) is 17.6 Å². The number of anilines is 1. The number of hydrogen-bond donors (Lipinski definition) is 0. The summed E-state index contributed by atoms with van der Waals surface area (Å²) in [5.74, 6) is 1.17. The molecule has 108 valence electrons. The van der Waals surface area contributed by atoms with Crippen molar-refractivity contribution in [2.75, 3.05) is 11.9 Å². The maximum absolute atomic E-state index is 12.4. The molecule has 1 amide bonds. The van der Waals surface area contributed by atoms with Crippen LogP contribution in [0, 0.1) is 0 Å². The second-order valence-electron chi connectivity index (χ2n) is 5.24. The number of hydrogen-bond acceptors (Lipinski definition) is 3. The zero-order valence-corrected chi connectivity index (χ0v) is 12.2. The van der Waals surface area contributed by atoms with Crippen LogP contribution < -0.4 is 4.90 Å². The summed E-state index contributed by atoms with van der Waals surface area (Å²) in [4.78, 5) is 25.8. The minimum atomic E-state index is -0.114. The third-order valence-electron chi connectivity index (χ3n) is 3.92. The Morgan fingerprint density at radius 3 is 2.76 bits per heavy atom. The summed E-state index contributed by atoms with van der Waals surface area (Å²) in [6, 6.07) is 9.01. The van der Waals surface area contributed by atoms with E-state index in [4.69, 9.17) is 4.42 Å². The number of ketones is 1. The van der Waals surface area contributed by atoms with E-state index in [2.05, 4.69) is 0 Å². The van der Waals surface area contributed by atoms with Gasteiger partial charge in [0.05, 0.1) is 0 Å². The molecule has 21 heavy (non-hydrogen) atoms. The van der Waals surface area contributed by atoms with E-state index in [1.807, 2.05) is 25.1 Å². The minimum Gasteiger partial charge on any atom is -0.458 e.